The van der Waals surface area contributed by atoms with Crippen LogP contribution in [-0.4, -0.2) is 22.2 Å². The van der Waals surface area contributed by atoms with Crippen molar-refractivity contribution in [2.45, 2.75) is 20.0 Å². The highest BCUT2D eigenvalue weighted by Gasteiger charge is 2.16. The summed E-state index contributed by atoms with van der Waals surface area (Å²) in [5, 5.41) is 11.7. The molecule has 0 aliphatic heterocycles. The zero-order valence-corrected chi connectivity index (χ0v) is 17.8. The number of anilines is 1. The summed E-state index contributed by atoms with van der Waals surface area (Å²) in [5.41, 5.74) is 3.12. The predicted molar refractivity (Wildman–Crippen MR) is 120 cm³/mol. The molecule has 0 spiro atoms. The van der Waals surface area contributed by atoms with Crippen LogP contribution < -0.4 is 10.1 Å². The monoisotopic (exact) mass is 433 g/mol. The standard InChI is InChI=1S/C24H20ClN3O3/c1-15-14-19(25)10-13-21(15)30-16(2)22(29)26-20-11-8-18(9-12-20)24-28-27-23(31-24)17-6-4-3-5-7-17/h3-14,16H,1-2H3,(H,26,29)/t16-/m0/s1. The van der Waals surface area contributed by atoms with Crippen molar-refractivity contribution in [1.82, 2.24) is 10.2 Å². The zero-order chi connectivity index (χ0) is 21.8. The number of nitrogens with one attached hydrogen (secondary N) is 1. The fraction of sp³-hybridized carbons (Fsp3) is 0.125. The number of hydrogen-bond acceptors (Lipinski definition) is 5. The lowest BCUT2D eigenvalue weighted by molar-refractivity contribution is -0.122. The Kier molecular flexibility index (Phi) is 6.00. The molecular weight excluding hydrogens is 414 g/mol. The molecule has 1 amide bonds. The molecule has 4 aromatic rings. The van der Waals surface area contributed by atoms with Crippen LogP contribution in [0.1, 0.15) is 12.5 Å². The minimum absolute atomic E-state index is 0.258. The van der Waals surface area contributed by atoms with E-state index in [1.54, 1.807) is 37.3 Å². The Morgan fingerprint density at radius 2 is 1.61 bits per heavy atom. The number of carbonyl (C=O) groups excluding carboxylic acids is 1. The van der Waals surface area contributed by atoms with Crippen molar-refractivity contribution in [2.75, 3.05) is 5.32 Å². The van der Waals surface area contributed by atoms with E-state index in [2.05, 4.69) is 15.5 Å². The van der Waals surface area contributed by atoms with Crippen molar-refractivity contribution >= 4 is 23.2 Å². The van der Waals surface area contributed by atoms with Gasteiger partial charge >= 0.3 is 0 Å². The Morgan fingerprint density at radius 1 is 0.968 bits per heavy atom. The molecule has 6 nitrogen and oxygen atoms in total. The van der Waals surface area contributed by atoms with Gasteiger partial charge in [-0.2, -0.15) is 0 Å². The van der Waals surface area contributed by atoms with Gasteiger partial charge in [0.05, 0.1) is 0 Å². The number of aryl methyl sites for hydroxylation is 1. The molecule has 1 aromatic heterocycles. The van der Waals surface area contributed by atoms with Gasteiger partial charge in [0.15, 0.2) is 6.10 Å². The maximum atomic E-state index is 12.5. The summed E-state index contributed by atoms with van der Waals surface area (Å²) in [6.45, 7) is 3.58. The summed E-state index contributed by atoms with van der Waals surface area (Å²) in [6, 6.07) is 22.0. The normalized spacial score (nSPS) is 11.7. The van der Waals surface area contributed by atoms with Crippen LogP contribution in [0.15, 0.2) is 77.2 Å². The van der Waals surface area contributed by atoms with E-state index >= 15 is 0 Å². The molecule has 3 aromatic carbocycles. The SMILES string of the molecule is Cc1cc(Cl)ccc1O[C@@H](C)C(=O)Nc1ccc(-c2nnc(-c3ccccc3)o2)cc1. The van der Waals surface area contributed by atoms with Gasteiger partial charge in [-0.1, -0.05) is 29.8 Å². The molecule has 0 bridgehead atoms. The molecular formula is C24H20ClN3O3. The number of rotatable bonds is 6. The van der Waals surface area contributed by atoms with Gasteiger partial charge in [0.25, 0.3) is 5.91 Å². The summed E-state index contributed by atoms with van der Waals surface area (Å²) >= 11 is 5.96. The van der Waals surface area contributed by atoms with Gasteiger partial charge in [0.2, 0.25) is 11.8 Å². The van der Waals surface area contributed by atoms with Crippen molar-refractivity contribution in [2.24, 2.45) is 0 Å². The van der Waals surface area contributed by atoms with Crippen LogP contribution in [0, 0.1) is 6.92 Å². The zero-order valence-electron chi connectivity index (χ0n) is 17.0. The molecule has 0 unspecified atom stereocenters. The highest BCUT2D eigenvalue weighted by molar-refractivity contribution is 6.30. The first kappa shape index (κ1) is 20.6. The van der Waals surface area contributed by atoms with Gasteiger partial charge in [-0.3, -0.25) is 4.79 Å². The first-order valence-electron chi connectivity index (χ1n) is 9.72. The number of amides is 1. The summed E-state index contributed by atoms with van der Waals surface area (Å²) in [6.07, 6.45) is -0.677. The van der Waals surface area contributed by atoms with E-state index in [0.29, 0.717) is 28.2 Å². The molecule has 7 heteroatoms. The van der Waals surface area contributed by atoms with Crippen molar-refractivity contribution < 1.29 is 13.9 Å². The Morgan fingerprint density at radius 3 is 2.26 bits per heavy atom. The topological polar surface area (TPSA) is 77.2 Å². The minimum atomic E-state index is -0.677. The third-order valence-corrected chi connectivity index (χ3v) is 4.89. The molecule has 4 rings (SSSR count). The number of benzene rings is 3. The maximum absolute atomic E-state index is 12.5. The lowest BCUT2D eigenvalue weighted by Gasteiger charge is -2.16. The molecule has 0 fully saturated rings. The summed E-state index contributed by atoms with van der Waals surface area (Å²) in [7, 11) is 0. The Bertz CT molecular complexity index is 1190. The molecule has 0 radical (unpaired) electrons. The third-order valence-electron chi connectivity index (χ3n) is 4.66. The van der Waals surface area contributed by atoms with Gasteiger partial charge in [-0.05, 0) is 74.0 Å². The van der Waals surface area contributed by atoms with Crippen molar-refractivity contribution in [3.63, 3.8) is 0 Å². The molecule has 0 saturated heterocycles. The average molecular weight is 434 g/mol. The van der Waals surface area contributed by atoms with E-state index in [-0.39, 0.29) is 5.91 Å². The Labute approximate surface area is 184 Å². The summed E-state index contributed by atoms with van der Waals surface area (Å²) in [4.78, 5) is 12.5. The maximum Gasteiger partial charge on any atom is 0.265 e. The van der Waals surface area contributed by atoms with Gasteiger partial charge < -0.3 is 14.5 Å². The predicted octanol–water partition coefficient (Wildman–Crippen LogP) is 5.77. The molecule has 0 aliphatic carbocycles. The van der Waals surface area contributed by atoms with Crippen LogP contribution in [0.25, 0.3) is 22.9 Å². The largest absolute Gasteiger partial charge is 0.481 e. The molecule has 0 saturated carbocycles. The van der Waals surface area contributed by atoms with E-state index in [9.17, 15) is 4.79 Å². The molecule has 1 N–H and O–H groups in total. The van der Waals surface area contributed by atoms with E-state index in [1.165, 1.54) is 0 Å². The minimum Gasteiger partial charge on any atom is -0.481 e. The number of nitrogens with zero attached hydrogens (tertiary/aromatic N) is 2. The highest BCUT2D eigenvalue weighted by atomic mass is 35.5. The summed E-state index contributed by atoms with van der Waals surface area (Å²) < 4.78 is 11.5. The second-order valence-corrected chi connectivity index (χ2v) is 7.45. The van der Waals surface area contributed by atoms with Crippen LogP contribution >= 0.6 is 11.6 Å². The fourth-order valence-corrected chi connectivity index (χ4v) is 3.19. The Balaban J connectivity index is 1.40. The lowest BCUT2D eigenvalue weighted by atomic mass is 10.2. The van der Waals surface area contributed by atoms with Gasteiger partial charge in [-0.25, -0.2) is 0 Å². The molecule has 156 valence electrons. The van der Waals surface area contributed by atoms with Crippen LogP contribution in [-0.2, 0) is 4.79 Å². The lowest BCUT2D eigenvalue weighted by Crippen LogP contribution is -2.30. The smallest absolute Gasteiger partial charge is 0.265 e. The molecule has 1 atom stereocenters. The highest BCUT2D eigenvalue weighted by Crippen LogP contribution is 2.25. The number of carbonyl (C=O) groups is 1. The van der Waals surface area contributed by atoms with Gasteiger partial charge in [0.1, 0.15) is 5.75 Å². The number of halogens is 1. The van der Waals surface area contributed by atoms with E-state index < -0.39 is 6.10 Å². The molecule has 1 heterocycles. The van der Waals surface area contributed by atoms with Gasteiger partial charge in [0, 0.05) is 21.8 Å². The number of aromatic nitrogens is 2. The van der Waals surface area contributed by atoms with Crippen molar-refractivity contribution in [3.05, 3.63) is 83.4 Å². The van der Waals surface area contributed by atoms with Crippen LogP contribution in [0.5, 0.6) is 5.75 Å². The third kappa shape index (κ3) is 4.92. The van der Waals surface area contributed by atoms with E-state index in [1.807, 2.05) is 49.4 Å². The first-order chi connectivity index (χ1) is 15.0. The first-order valence-corrected chi connectivity index (χ1v) is 10.1. The number of hydrogen-bond donors (Lipinski definition) is 1. The van der Waals surface area contributed by atoms with E-state index in [4.69, 9.17) is 20.8 Å². The molecule has 0 aliphatic rings. The second-order valence-electron chi connectivity index (χ2n) is 7.01. The van der Waals surface area contributed by atoms with Crippen LogP contribution in [0.4, 0.5) is 5.69 Å². The second kappa shape index (κ2) is 9.02. The quantitative estimate of drug-likeness (QED) is 0.417. The van der Waals surface area contributed by atoms with Crippen LogP contribution in [0.3, 0.4) is 0 Å². The molecule has 31 heavy (non-hydrogen) atoms. The van der Waals surface area contributed by atoms with Crippen molar-refractivity contribution in [3.8, 4) is 28.7 Å². The van der Waals surface area contributed by atoms with Crippen molar-refractivity contribution in [1.29, 1.82) is 0 Å². The fourth-order valence-electron chi connectivity index (χ4n) is 2.97. The number of ether oxygens (including phenoxy) is 1. The average Bonchev–Trinajstić information content (AvgIpc) is 3.27. The summed E-state index contributed by atoms with van der Waals surface area (Å²) in [5.74, 6) is 1.22. The Hall–Kier alpha value is -3.64. The van der Waals surface area contributed by atoms with Gasteiger partial charge in [-0.15, -0.1) is 10.2 Å². The van der Waals surface area contributed by atoms with Crippen LogP contribution in [0.2, 0.25) is 5.02 Å². The van der Waals surface area contributed by atoms with E-state index in [0.717, 1.165) is 16.7 Å².